The third-order valence-corrected chi connectivity index (χ3v) is 4.98. The molecule has 1 unspecified atom stereocenters. The summed E-state index contributed by atoms with van der Waals surface area (Å²) in [6.45, 7) is 2.04. The van der Waals surface area contributed by atoms with Gasteiger partial charge in [0.05, 0.1) is 5.75 Å². The Balaban J connectivity index is 2.05. The average Bonchev–Trinajstić information content (AvgIpc) is 2.50. The van der Waals surface area contributed by atoms with Gasteiger partial charge in [0.25, 0.3) is 0 Å². The van der Waals surface area contributed by atoms with Crippen LogP contribution in [-0.4, -0.2) is 19.4 Å². The first-order valence-corrected chi connectivity index (χ1v) is 7.29. The molecule has 1 atom stereocenters. The van der Waals surface area contributed by atoms with E-state index in [0.717, 1.165) is 4.90 Å². The number of aryl methyl sites for hydroxylation is 1. The van der Waals surface area contributed by atoms with Crippen LogP contribution in [0.4, 0.5) is 0 Å². The highest BCUT2D eigenvalue weighted by Crippen LogP contribution is 2.28. The van der Waals surface area contributed by atoms with Crippen molar-refractivity contribution in [1.82, 2.24) is 0 Å². The molecule has 2 rings (SSSR count). The van der Waals surface area contributed by atoms with Gasteiger partial charge in [0, 0.05) is 15.6 Å². The fourth-order valence-corrected chi connectivity index (χ4v) is 4.26. The van der Waals surface area contributed by atoms with Gasteiger partial charge in [-0.3, -0.25) is 0 Å². The smallest absolute Gasteiger partial charge is 0.172 e. The Morgan fingerprint density at radius 3 is 2.47 bits per heavy atom. The van der Waals surface area contributed by atoms with Gasteiger partial charge in [-0.1, -0.05) is 23.8 Å². The maximum absolute atomic E-state index is 11.2. The van der Waals surface area contributed by atoms with Crippen LogP contribution in [0.25, 0.3) is 0 Å². The minimum Gasteiger partial charge on any atom is -0.224 e. The van der Waals surface area contributed by atoms with Gasteiger partial charge < -0.3 is 0 Å². The molecule has 4 heteroatoms. The molecule has 0 saturated carbocycles. The Labute approximate surface area is 94.3 Å². The largest absolute Gasteiger partial charge is 0.224 e. The second-order valence-electron chi connectivity index (χ2n) is 3.63. The minimum absolute atomic E-state index is 0.0673. The highest BCUT2D eigenvalue weighted by atomic mass is 32.2. The van der Waals surface area contributed by atoms with Gasteiger partial charge in [0.1, 0.15) is 0 Å². The molecule has 1 aromatic carbocycles. The molecule has 0 amide bonds. The van der Waals surface area contributed by atoms with E-state index in [0.29, 0.717) is 0 Å². The number of sulfone groups is 1. The summed E-state index contributed by atoms with van der Waals surface area (Å²) in [7, 11) is -2.93. The van der Waals surface area contributed by atoms with Gasteiger partial charge in [-0.15, -0.1) is 11.8 Å². The van der Waals surface area contributed by atoms with E-state index < -0.39 is 9.84 Å². The molecule has 1 aliphatic heterocycles. The predicted octanol–water partition coefficient (Wildman–Crippen LogP) is 2.40. The van der Waals surface area contributed by atoms with Crippen LogP contribution in [0.5, 0.6) is 0 Å². The van der Waals surface area contributed by atoms with Crippen LogP contribution in [-0.2, 0) is 9.84 Å². The number of hydrogen-bond acceptors (Lipinski definition) is 3. The molecule has 0 spiro atoms. The lowest BCUT2D eigenvalue weighted by molar-refractivity contribution is 0.606. The van der Waals surface area contributed by atoms with Crippen LogP contribution >= 0.6 is 11.8 Å². The third kappa shape index (κ3) is 2.86. The molecule has 15 heavy (non-hydrogen) atoms. The zero-order valence-electron chi connectivity index (χ0n) is 8.38. The fraction of sp³-hybridized carbons (Fsp3) is 0.273. The Morgan fingerprint density at radius 1 is 1.27 bits per heavy atom. The second kappa shape index (κ2) is 4.02. The van der Waals surface area contributed by atoms with Crippen LogP contribution in [0.1, 0.15) is 5.56 Å². The molecule has 1 aromatic rings. The number of rotatable bonds is 2. The molecule has 0 radical (unpaired) electrons. The molecule has 0 N–H and O–H groups in total. The molecule has 2 nitrogen and oxygen atoms in total. The SMILES string of the molecule is Cc1ccc(SC2C=CS(=O)(=O)C2)cc1. The minimum atomic E-state index is -2.93. The summed E-state index contributed by atoms with van der Waals surface area (Å²) in [5.41, 5.74) is 1.22. The predicted molar refractivity (Wildman–Crippen MR) is 63.8 cm³/mol. The molecule has 0 aliphatic carbocycles. The number of hydrogen-bond donors (Lipinski definition) is 0. The summed E-state index contributed by atoms with van der Waals surface area (Å²) in [5.74, 6) is 0.228. The summed E-state index contributed by atoms with van der Waals surface area (Å²) in [5, 5.41) is 1.39. The van der Waals surface area contributed by atoms with E-state index in [1.807, 2.05) is 31.2 Å². The summed E-state index contributed by atoms with van der Waals surface area (Å²) in [4.78, 5) is 1.12. The molecular formula is C11H12O2S2. The molecule has 1 aliphatic rings. The van der Waals surface area contributed by atoms with Crippen LogP contribution < -0.4 is 0 Å². The van der Waals surface area contributed by atoms with Crippen molar-refractivity contribution in [1.29, 1.82) is 0 Å². The van der Waals surface area contributed by atoms with Crippen molar-refractivity contribution >= 4 is 21.6 Å². The van der Waals surface area contributed by atoms with E-state index in [1.54, 1.807) is 17.8 Å². The molecule has 0 aromatic heterocycles. The van der Waals surface area contributed by atoms with Gasteiger partial charge in [-0.05, 0) is 19.1 Å². The maximum atomic E-state index is 11.2. The summed E-state index contributed by atoms with van der Waals surface area (Å²) in [6, 6.07) is 8.13. The van der Waals surface area contributed by atoms with E-state index in [1.165, 1.54) is 11.0 Å². The van der Waals surface area contributed by atoms with E-state index in [2.05, 4.69) is 0 Å². The monoisotopic (exact) mass is 240 g/mol. The Bertz CT molecular complexity index is 472. The summed E-state index contributed by atoms with van der Waals surface area (Å²) < 4.78 is 22.4. The molecular weight excluding hydrogens is 228 g/mol. The first kappa shape index (κ1) is 10.8. The zero-order valence-corrected chi connectivity index (χ0v) is 10.0. The van der Waals surface area contributed by atoms with Gasteiger partial charge in [-0.2, -0.15) is 0 Å². The first-order chi connectivity index (χ1) is 7.05. The van der Waals surface area contributed by atoms with Crippen LogP contribution in [0.3, 0.4) is 0 Å². The second-order valence-corrected chi connectivity index (χ2v) is 6.87. The van der Waals surface area contributed by atoms with E-state index in [-0.39, 0.29) is 11.0 Å². The molecule has 80 valence electrons. The van der Waals surface area contributed by atoms with Crippen molar-refractivity contribution < 1.29 is 8.42 Å². The average molecular weight is 240 g/mol. The summed E-state index contributed by atoms with van der Waals surface area (Å²) in [6.07, 6.45) is 1.76. The fourth-order valence-electron chi connectivity index (χ4n) is 1.41. The number of thioether (sulfide) groups is 1. The first-order valence-electron chi connectivity index (χ1n) is 4.69. The Hall–Kier alpha value is -0.740. The van der Waals surface area contributed by atoms with Crippen molar-refractivity contribution in [2.75, 3.05) is 5.75 Å². The lowest BCUT2D eigenvalue weighted by atomic mass is 10.2. The molecule has 1 heterocycles. The highest BCUT2D eigenvalue weighted by molar-refractivity contribution is 8.02. The van der Waals surface area contributed by atoms with E-state index in [4.69, 9.17) is 0 Å². The van der Waals surface area contributed by atoms with Crippen LogP contribution in [0.15, 0.2) is 40.6 Å². The van der Waals surface area contributed by atoms with Gasteiger partial charge in [0.2, 0.25) is 0 Å². The lowest BCUT2D eigenvalue weighted by Crippen LogP contribution is -2.06. The van der Waals surface area contributed by atoms with Crippen molar-refractivity contribution in [2.45, 2.75) is 17.1 Å². The quantitative estimate of drug-likeness (QED) is 0.796. The van der Waals surface area contributed by atoms with Gasteiger partial charge in [-0.25, -0.2) is 8.42 Å². The normalized spacial score (nSPS) is 23.1. The van der Waals surface area contributed by atoms with Crippen LogP contribution in [0.2, 0.25) is 0 Å². The molecule has 0 fully saturated rings. The highest BCUT2D eigenvalue weighted by Gasteiger charge is 2.22. The van der Waals surface area contributed by atoms with Crippen LogP contribution in [0, 0.1) is 6.92 Å². The number of benzene rings is 1. The van der Waals surface area contributed by atoms with Crippen molar-refractivity contribution in [3.8, 4) is 0 Å². The van der Waals surface area contributed by atoms with Crippen molar-refractivity contribution in [3.63, 3.8) is 0 Å². The maximum Gasteiger partial charge on any atom is 0.172 e. The lowest BCUT2D eigenvalue weighted by Gasteiger charge is -2.06. The molecule has 0 bridgehead atoms. The Kier molecular flexibility index (Phi) is 2.89. The van der Waals surface area contributed by atoms with Gasteiger partial charge >= 0.3 is 0 Å². The zero-order chi connectivity index (χ0) is 10.9. The van der Waals surface area contributed by atoms with E-state index >= 15 is 0 Å². The standard InChI is InChI=1S/C11H12O2S2/c1-9-2-4-10(5-3-9)14-11-6-7-15(12,13)8-11/h2-7,11H,8H2,1H3. The topological polar surface area (TPSA) is 34.1 Å². The molecule has 0 saturated heterocycles. The third-order valence-electron chi connectivity index (χ3n) is 2.21. The van der Waals surface area contributed by atoms with Crippen molar-refractivity contribution in [3.05, 3.63) is 41.3 Å². The van der Waals surface area contributed by atoms with E-state index in [9.17, 15) is 8.42 Å². The van der Waals surface area contributed by atoms with Gasteiger partial charge in [0.15, 0.2) is 9.84 Å². The Morgan fingerprint density at radius 2 is 1.93 bits per heavy atom. The summed E-state index contributed by atoms with van der Waals surface area (Å²) >= 11 is 1.60. The van der Waals surface area contributed by atoms with Crippen molar-refractivity contribution in [2.24, 2.45) is 0 Å².